The second-order valence-corrected chi connectivity index (χ2v) is 7.49. The molecule has 6 atom stereocenters. The van der Waals surface area contributed by atoms with Gasteiger partial charge in [0.25, 0.3) is 0 Å². The van der Waals surface area contributed by atoms with Crippen molar-refractivity contribution in [2.75, 3.05) is 0 Å². The first-order chi connectivity index (χ1) is 9.15. The summed E-state index contributed by atoms with van der Waals surface area (Å²) in [6.07, 6.45) is 13.8. The largest absolute Gasteiger partial charge is 0.371 e. The standard InChI is InChI=1S/C15H20Br2O2/c1-3-5-6-7-13-11(17)9-15(19-13)14-8-10(16)12(4-2)18-14/h1,5-6,10-15H,4,7-9H2,2H3/b6-5-/t10-,11-,12+,13+,14?,15?/m0/s1. The van der Waals surface area contributed by atoms with Crippen molar-refractivity contribution in [1.29, 1.82) is 0 Å². The fraction of sp³-hybridized carbons (Fsp3) is 0.733. The van der Waals surface area contributed by atoms with Crippen LogP contribution in [0.3, 0.4) is 0 Å². The van der Waals surface area contributed by atoms with E-state index in [1.165, 1.54) is 0 Å². The second-order valence-electron chi connectivity index (χ2n) is 5.14. The lowest BCUT2D eigenvalue weighted by molar-refractivity contribution is -0.0640. The number of alkyl halides is 2. The normalized spacial score (nSPS) is 42.8. The molecule has 0 saturated carbocycles. The van der Waals surface area contributed by atoms with Crippen LogP contribution in [0.2, 0.25) is 0 Å². The third kappa shape index (κ3) is 3.85. The summed E-state index contributed by atoms with van der Waals surface area (Å²) in [5.41, 5.74) is 0. The third-order valence-corrected chi connectivity index (χ3v) is 5.75. The van der Waals surface area contributed by atoms with Crippen LogP contribution in [0.4, 0.5) is 0 Å². The van der Waals surface area contributed by atoms with Crippen molar-refractivity contribution in [2.24, 2.45) is 0 Å². The Kier molecular flexibility index (Phi) is 5.95. The number of hydrogen-bond acceptors (Lipinski definition) is 2. The van der Waals surface area contributed by atoms with E-state index < -0.39 is 0 Å². The van der Waals surface area contributed by atoms with Gasteiger partial charge in [0.15, 0.2) is 0 Å². The van der Waals surface area contributed by atoms with E-state index in [1.807, 2.05) is 6.08 Å². The summed E-state index contributed by atoms with van der Waals surface area (Å²) in [6.45, 7) is 2.16. The van der Waals surface area contributed by atoms with E-state index in [1.54, 1.807) is 6.08 Å². The van der Waals surface area contributed by atoms with Gasteiger partial charge in [0, 0.05) is 9.65 Å². The Morgan fingerprint density at radius 2 is 1.74 bits per heavy atom. The molecule has 4 heteroatoms. The molecule has 2 aliphatic rings. The Balaban J connectivity index is 1.87. The van der Waals surface area contributed by atoms with E-state index in [0.717, 1.165) is 25.7 Å². The van der Waals surface area contributed by atoms with Crippen molar-refractivity contribution in [3.63, 3.8) is 0 Å². The predicted octanol–water partition coefficient (Wildman–Crippen LogP) is 3.82. The van der Waals surface area contributed by atoms with Gasteiger partial charge < -0.3 is 9.47 Å². The van der Waals surface area contributed by atoms with Crippen molar-refractivity contribution < 1.29 is 9.47 Å². The molecular formula is C15H20Br2O2. The lowest BCUT2D eigenvalue weighted by Crippen LogP contribution is -2.26. The molecule has 2 unspecified atom stereocenters. The van der Waals surface area contributed by atoms with Gasteiger partial charge in [-0.2, -0.15) is 0 Å². The molecule has 0 N–H and O–H groups in total. The van der Waals surface area contributed by atoms with Gasteiger partial charge in [-0.15, -0.1) is 6.42 Å². The minimum absolute atomic E-state index is 0.199. The van der Waals surface area contributed by atoms with E-state index in [2.05, 4.69) is 44.7 Å². The molecule has 19 heavy (non-hydrogen) atoms. The van der Waals surface area contributed by atoms with Crippen molar-refractivity contribution in [2.45, 2.75) is 66.7 Å². The van der Waals surface area contributed by atoms with Gasteiger partial charge in [0.2, 0.25) is 0 Å². The molecular weight excluding hydrogens is 372 g/mol. The summed E-state index contributed by atoms with van der Waals surface area (Å²) in [5, 5.41) is 0. The number of terminal acetylenes is 1. The minimum atomic E-state index is 0.199. The van der Waals surface area contributed by atoms with Gasteiger partial charge in [0.1, 0.15) is 0 Å². The second kappa shape index (κ2) is 7.26. The first kappa shape index (κ1) is 15.6. The van der Waals surface area contributed by atoms with Crippen molar-refractivity contribution in [3.8, 4) is 12.3 Å². The molecule has 0 aromatic heterocycles. The Morgan fingerprint density at radius 1 is 1.16 bits per heavy atom. The summed E-state index contributed by atoms with van der Waals surface area (Å²) in [7, 11) is 0. The van der Waals surface area contributed by atoms with Crippen LogP contribution >= 0.6 is 31.9 Å². The third-order valence-electron chi connectivity index (χ3n) is 3.82. The average molecular weight is 392 g/mol. The van der Waals surface area contributed by atoms with E-state index >= 15 is 0 Å². The zero-order valence-electron chi connectivity index (χ0n) is 11.1. The summed E-state index contributed by atoms with van der Waals surface area (Å²) < 4.78 is 12.2. The van der Waals surface area contributed by atoms with E-state index in [0.29, 0.717) is 15.8 Å². The fourth-order valence-electron chi connectivity index (χ4n) is 2.78. The van der Waals surface area contributed by atoms with Gasteiger partial charge in [-0.3, -0.25) is 0 Å². The molecule has 2 fully saturated rings. The number of halogens is 2. The summed E-state index contributed by atoms with van der Waals surface area (Å²) in [5.74, 6) is 2.51. The molecule has 0 aromatic carbocycles. The van der Waals surface area contributed by atoms with Crippen LogP contribution in [0, 0.1) is 12.3 Å². The Hall–Kier alpha value is 0.180. The molecule has 0 aliphatic carbocycles. The lowest BCUT2D eigenvalue weighted by atomic mass is 10.1. The average Bonchev–Trinajstić information content (AvgIpc) is 2.93. The minimum Gasteiger partial charge on any atom is -0.371 e. The van der Waals surface area contributed by atoms with Gasteiger partial charge in [-0.05, 0) is 31.8 Å². The van der Waals surface area contributed by atoms with Crippen LogP contribution in [0.5, 0.6) is 0 Å². The Bertz CT molecular complexity index is 364. The predicted molar refractivity (Wildman–Crippen MR) is 84.9 cm³/mol. The molecule has 0 amide bonds. The molecule has 2 saturated heterocycles. The molecule has 2 rings (SSSR count). The van der Waals surface area contributed by atoms with Gasteiger partial charge in [-0.25, -0.2) is 0 Å². The van der Waals surface area contributed by atoms with Crippen LogP contribution in [-0.4, -0.2) is 34.1 Å². The van der Waals surface area contributed by atoms with Crippen molar-refractivity contribution in [1.82, 2.24) is 0 Å². The number of rotatable bonds is 4. The topological polar surface area (TPSA) is 18.5 Å². The van der Waals surface area contributed by atoms with Crippen LogP contribution in [0.1, 0.15) is 32.6 Å². The van der Waals surface area contributed by atoms with Crippen LogP contribution < -0.4 is 0 Å². The molecule has 2 aliphatic heterocycles. The SMILES string of the molecule is C#C/C=C\C[C@H]1OC(C2C[C@H](Br)[C@@H](CC)O2)C[C@@H]1Br. The summed E-state index contributed by atoms with van der Waals surface area (Å²) in [4.78, 5) is 0.846. The highest BCUT2D eigenvalue weighted by molar-refractivity contribution is 9.09. The Labute approximate surface area is 132 Å². The van der Waals surface area contributed by atoms with Gasteiger partial charge >= 0.3 is 0 Å². The number of hydrogen-bond donors (Lipinski definition) is 0. The summed E-state index contributed by atoms with van der Waals surface area (Å²) >= 11 is 7.42. The molecule has 0 bridgehead atoms. The highest BCUT2D eigenvalue weighted by atomic mass is 79.9. The first-order valence-corrected chi connectivity index (χ1v) is 8.69. The van der Waals surface area contributed by atoms with E-state index in [-0.39, 0.29) is 18.3 Å². The van der Waals surface area contributed by atoms with Crippen molar-refractivity contribution >= 4 is 31.9 Å². The highest BCUT2D eigenvalue weighted by Gasteiger charge is 2.43. The van der Waals surface area contributed by atoms with Crippen LogP contribution in [-0.2, 0) is 9.47 Å². The molecule has 2 nitrogen and oxygen atoms in total. The Morgan fingerprint density at radius 3 is 2.26 bits per heavy atom. The maximum absolute atomic E-state index is 6.13. The monoisotopic (exact) mass is 390 g/mol. The van der Waals surface area contributed by atoms with E-state index in [4.69, 9.17) is 15.9 Å². The van der Waals surface area contributed by atoms with Gasteiger partial charge in [-0.1, -0.05) is 50.8 Å². The first-order valence-electron chi connectivity index (χ1n) is 6.85. The zero-order chi connectivity index (χ0) is 13.8. The maximum Gasteiger partial charge on any atom is 0.0853 e. The molecule has 0 aromatic rings. The zero-order valence-corrected chi connectivity index (χ0v) is 14.3. The molecule has 0 spiro atoms. The number of allylic oxidation sites excluding steroid dienone is 1. The smallest absolute Gasteiger partial charge is 0.0853 e. The quantitative estimate of drug-likeness (QED) is 0.535. The molecule has 2 heterocycles. The van der Waals surface area contributed by atoms with Gasteiger partial charge in [0.05, 0.1) is 24.4 Å². The lowest BCUT2D eigenvalue weighted by Gasteiger charge is -2.19. The molecule has 0 radical (unpaired) electrons. The van der Waals surface area contributed by atoms with E-state index in [9.17, 15) is 0 Å². The molecule has 106 valence electrons. The maximum atomic E-state index is 6.13. The van der Waals surface area contributed by atoms with Crippen LogP contribution in [0.25, 0.3) is 0 Å². The van der Waals surface area contributed by atoms with Crippen molar-refractivity contribution in [3.05, 3.63) is 12.2 Å². The van der Waals surface area contributed by atoms with Crippen LogP contribution in [0.15, 0.2) is 12.2 Å². The summed E-state index contributed by atoms with van der Waals surface area (Å²) in [6, 6.07) is 0. The number of ether oxygens (including phenoxy) is 2. The fourth-order valence-corrected chi connectivity index (χ4v) is 4.36. The highest BCUT2D eigenvalue weighted by Crippen LogP contribution is 2.38.